The molecule has 0 bridgehead atoms. The van der Waals surface area contributed by atoms with Crippen molar-refractivity contribution in [1.29, 1.82) is 0 Å². The van der Waals surface area contributed by atoms with Crippen molar-refractivity contribution >= 4 is 17.5 Å². The normalized spacial score (nSPS) is 29.8. The molecule has 2 heterocycles. The predicted octanol–water partition coefficient (Wildman–Crippen LogP) is 3.39. The molecular formula is C18H23ClN2O. The number of benzene rings is 1. The van der Waals surface area contributed by atoms with E-state index in [2.05, 4.69) is 22.3 Å². The Kier molecular flexibility index (Phi) is 3.66. The van der Waals surface area contributed by atoms with Gasteiger partial charge in [0.2, 0.25) is 5.91 Å². The van der Waals surface area contributed by atoms with Gasteiger partial charge in [-0.05, 0) is 68.3 Å². The Balaban J connectivity index is 1.49. The van der Waals surface area contributed by atoms with Crippen molar-refractivity contribution in [2.24, 2.45) is 11.3 Å². The van der Waals surface area contributed by atoms with Crippen molar-refractivity contribution in [1.82, 2.24) is 10.2 Å². The molecule has 22 heavy (non-hydrogen) atoms. The standard InChI is InChI=1S/C18H23ClN2O/c19-14-5-3-13(4-6-14)16-2-1-11-21(16)17(22)15-12-18(15)7-9-20-10-8-18/h3-6,15-16,20H,1-2,7-12H2. The molecular weight excluding hydrogens is 296 g/mol. The zero-order chi connectivity index (χ0) is 15.2. The van der Waals surface area contributed by atoms with Gasteiger partial charge in [-0.1, -0.05) is 23.7 Å². The van der Waals surface area contributed by atoms with Gasteiger partial charge in [0, 0.05) is 17.5 Å². The van der Waals surface area contributed by atoms with Crippen LogP contribution in [0.1, 0.15) is 43.7 Å². The molecule has 1 saturated carbocycles. The van der Waals surface area contributed by atoms with Gasteiger partial charge in [0.15, 0.2) is 0 Å². The molecule has 0 aromatic heterocycles. The van der Waals surface area contributed by atoms with Gasteiger partial charge in [0.05, 0.1) is 6.04 Å². The molecule has 3 aliphatic rings. The number of amides is 1. The highest BCUT2D eigenvalue weighted by atomic mass is 35.5. The summed E-state index contributed by atoms with van der Waals surface area (Å²) in [4.78, 5) is 15.2. The molecule has 4 rings (SSSR count). The first kappa shape index (κ1) is 14.5. The van der Waals surface area contributed by atoms with Crippen LogP contribution in [-0.2, 0) is 4.79 Å². The SMILES string of the molecule is O=C(C1CC12CCNCC2)N1CCCC1c1ccc(Cl)cc1. The van der Waals surface area contributed by atoms with E-state index in [1.54, 1.807) is 0 Å². The van der Waals surface area contributed by atoms with Gasteiger partial charge in [0.1, 0.15) is 0 Å². The molecule has 118 valence electrons. The Labute approximate surface area is 137 Å². The Morgan fingerprint density at radius 2 is 1.95 bits per heavy atom. The lowest BCUT2D eigenvalue weighted by Gasteiger charge is -2.28. The summed E-state index contributed by atoms with van der Waals surface area (Å²) in [5.74, 6) is 0.682. The molecule has 3 nitrogen and oxygen atoms in total. The highest BCUT2D eigenvalue weighted by Gasteiger charge is 2.59. The summed E-state index contributed by atoms with van der Waals surface area (Å²) >= 11 is 5.99. The average molecular weight is 319 g/mol. The van der Waals surface area contributed by atoms with E-state index < -0.39 is 0 Å². The maximum absolute atomic E-state index is 13.0. The minimum atomic E-state index is 0.254. The van der Waals surface area contributed by atoms with Gasteiger partial charge in [0.25, 0.3) is 0 Å². The number of carbonyl (C=O) groups excluding carboxylic acids is 1. The van der Waals surface area contributed by atoms with Crippen LogP contribution >= 0.6 is 11.6 Å². The lowest BCUT2D eigenvalue weighted by atomic mass is 9.91. The summed E-state index contributed by atoms with van der Waals surface area (Å²) in [6.07, 6.45) is 5.64. The third-order valence-corrected chi connectivity index (χ3v) is 6.13. The number of rotatable bonds is 2. The van der Waals surface area contributed by atoms with E-state index in [9.17, 15) is 4.79 Å². The molecule has 2 aliphatic heterocycles. The number of nitrogens with zero attached hydrogens (tertiary/aromatic N) is 1. The molecule has 0 radical (unpaired) electrons. The zero-order valence-electron chi connectivity index (χ0n) is 12.9. The van der Waals surface area contributed by atoms with Crippen LogP contribution in [0, 0.1) is 11.3 Å². The summed E-state index contributed by atoms with van der Waals surface area (Å²) in [7, 11) is 0. The second-order valence-corrected chi connectivity index (χ2v) is 7.55. The second kappa shape index (κ2) is 5.54. The first-order valence-electron chi connectivity index (χ1n) is 8.46. The lowest BCUT2D eigenvalue weighted by molar-refractivity contribution is -0.134. The van der Waals surface area contributed by atoms with E-state index in [0.717, 1.165) is 43.9 Å². The molecule has 3 fully saturated rings. The van der Waals surface area contributed by atoms with Crippen LogP contribution in [0.15, 0.2) is 24.3 Å². The third-order valence-electron chi connectivity index (χ3n) is 5.88. The van der Waals surface area contributed by atoms with Gasteiger partial charge < -0.3 is 10.2 Å². The highest BCUT2D eigenvalue weighted by molar-refractivity contribution is 6.30. The molecule has 2 saturated heterocycles. The number of piperidine rings is 1. The van der Waals surface area contributed by atoms with E-state index in [1.807, 2.05) is 12.1 Å². The van der Waals surface area contributed by atoms with Gasteiger partial charge >= 0.3 is 0 Å². The van der Waals surface area contributed by atoms with Gasteiger partial charge in [-0.25, -0.2) is 0 Å². The molecule has 2 atom stereocenters. The largest absolute Gasteiger partial charge is 0.335 e. The topological polar surface area (TPSA) is 32.3 Å². The van der Waals surface area contributed by atoms with Crippen LogP contribution < -0.4 is 5.32 Å². The summed E-state index contributed by atoms with van der Waals surface area (Å²) in [6.45, 7) is 3.06. The molecule has 1 N–H and O–H groups in total. The van der Waals surface area contributed by atoms with Crippen molar-refractivity contribution in [2.45, 2.75) is 38.1 Å². The van der Waals surface area contributed by atoms with Crippen LogP contribution in [-0.4, -0.2) is 30.4 Å². The third kappa shape index (κ3) is 2.44. The fourth-order valence-corrected chi connectivity index (χ4v) is 4.56. The maximum atomic E-state index is 13.0. The molecule has 2 unspecified atom stereocenters. The van der Waals surface area contributed by atoms with Crippen molar-refractivity contribution in [3.63, 3.8) is 0 Å². The van der Waals surface area contributed by atoms with Gasteiger partial charge in [-0.15, -0.1) is 0 Å². The minimum absolute atomic E-state index is 0.254. The molecule has 1 aromatic rings. The van der Waals surface area contributed by atoms with Crippen LogP contribution in [0.5, 0.6) is 0 Å². The molecule has 1 spiro atoms. The first-order valence-corrected chi connectivity index (χ1v) is 8.84. The minimum Gasteiger partial charge on any atom is -0.335 e. The summed E-state index contributed by atoms with van der Waals surface area (Å²) in [5.41, 5.74) is 1.56. The molecule has 1 aromatic carbocycles. The van der Waals surface area contributed by atoms with E-state index in [4.69, 9.17) is 11.6 Å². The van der Waals surface area contributed by atoms with E-state index in [-0.39, 0.29) is 12.0 Å². The van der Waals surface area contributed by atoms with Crippen molar-refractivity contribution in [2.75, 3.05) is 19.6 Å². The quantitative estimate of drug-likeness (QED) is 0.906. The number of halogens is 1. The van der Waals surface area contributed by atoms with E-state index >= 15 is 0 Å². The number of hydrogen-bond donors (Lipinski definition) is 1. The Bertz CT molecular complexity index is 565. The number of likely N-dealkylation sites (tertiary alicyclic amines) is 1. The average Bonchev–Trinajstić information content (AvgIpc) is 3.00. The second-order valence-electron chi connectivity index (χ2n) is 7.11. The number of nitrogens with one attached hydrogen (secondary N) is 1. The molecule has 1 aliphatic carbocycles. The van der Waals surface area contributed by atoms with Crippen LogP contribution in [0.3, 0.4) is 0 Å². The molecule has 4 heteroatoms. The van der Waals surface area contributed by atoms with Crippen LogP contribution in [0.4, 0.5) is 0 Å². The fraction of sp³-hybridized carbons (Fsp3) is 0.611. The predicted molar refractivity (Wildman–Crippen MR) is 87.8 cm³/mol. The zero-order valence-corrected chi connectivity index (χ0v) is 13.6. The number of carbonyl (C=O) groups is 1. The highest BCUT2D eigenvalue weighted by Crippen LogP contribution is 2.59. The van der Waals surface area contributed by atoms with Gasteiger partial charge in [-0.3, -0.25) is 4.79 Å². The van der Waals surface area contributed by atoms with E-state index in [0.29, 0.717) is 11.3 Å². The Morgan fingerprint density at radius 1 is 1.23 bits per heavy atom. The van der Waals surface area contributed by atoms with Crippen molar-refractivity contribution in [3.8, 4) is 0 Å². The monoisotopic (exact) mass is 318 g/mol. The van der Waals surface area contributed by atoms with Crippen molar-refractivity contribution < 1.29 is 4.79 Å². The summed E-state index contributed by atoms with van der Waals surface area (Å²) in [6, 6.07) is 8.27. The maximum Gasteiger partial charge on any atom is 0.226 e. The first-order chi connectivity index (χ1) is 10.7. The van der Waals surface area contributed by atoms with Crippen LogP contribution in [0.2, 0.25) is 5.02 Å². The number of hydrogen-bond acceptors (Lipinski definition) is 2. The Hall–Kier alpha value is -1.06. The van der Waals surface area contributed by atoms with Crippen LogP contribution in [0.25, 0.3) is 0 Å². The lowest BCUT2D eigenvalue weighted by Crippen LogP contribution is -2.36. The fourth-order valence-electron chi connectivity index (χ4n) is 4.44. The summed E-state index contributed by atoms with van der Waals surface area (Å²) in [5, 5.41) is 4.17. The Morgan fingerprint density at radius 3 is 2.68 bits per heavy atom. The van der Waals surface area contributed by atoms with Gasteiger partial charge in [-0.2, -0.15) is 0 Å². The van der Waals surface area contributed by atoms with E-state index in [1.165, 1.54) is 18.4 Å². The van der Waals surface area contributed by atoms with Crippen molar-refractivity contribution in [3.05, 3.63) is 34.9 Å². The summed E-state index contributed by atoms with van der Waals surface area (Å²) < 4.78 is 0. The molecule has 1 amide bonds. The smallest absolute Gasteiger partial charge is 0.226 e.